The SMILES string of the molecule is CC(NCCC1CCCCO1)c1cccc([N+](=O)[O-])c1. The second kappa shape index (κ2) is 7.36. The van der Waals surface area contributed by atoms with Crippen molar-refractivity contribution < 1.29 is 9.66 Å². The summed E-state index contributed by atoms with van der Waals surface area (Å²) in [5.41, 5.74) is 1.09. The van der Waals surface area contributed by atoms with Crippen LogP contribution in [0.4, 0.5) is 5.69 Å². The van der Waals surface area contributed by atoms with Crippen LogP contribution in [0.1, 0.15) is 44.2 Å². The monoisotopic (exact) mass is 278 g/mol. The lowest BCUT2D eigenvalue weighted by Crippen LogP contribution is -2.27. The molecule has 1 fully saturated rings. The van der Waals surface area contributed by atoms with Crippen LogP contribution in [0, 0.1) is 10.1 Å². The fourth-order valence-electron chi connectivity index (χ4n) is 2.52. The fraction of sp³-hybridized carbons (Fsp3) is 0.600. The molecule has 5 heteroatoms. The topological polar surface area (TPSA) is 64.4 Å². The molecule has 1 aliphatic rings. The van der Waals surface area contributed by atoms with Gasteiger partial charge in [0.2, 0.25) is 0 Å². The average Bonchev–Trinajstić information content (AvgIpc) is 2.48. The molecule has 1 aliphatic heterocycles. The molecule has 0 aromatic heterocycles. The first-order valence-corrected chi connectivity index (χ1v) is 7.26. The predicted octanol–water partition coefficient (Wildman–Crippen LogP) is 3.20. The van der Waals surface area contributed by atoms with E-state index >= 15 is 0 Å². The molecular formula is C15H22N2O3. The number of nitro benzene ring substituents is 1. The minimum atomic E-state index is -0.355. The van der Waals surface area contributed by atoms with E-state index in [1.165, 1.54) is 18.9 Å². The number of nitro groups is 1. The zero-order chi connectivity index (χ0) is 14.4. The zero-order valence-electron chi connectivity index (χ0n) is 11.9. The van der Waals surface area contributed by atoms with Gasteiger partial charge in [-0.25, -0.2) is 0 Å². The minimum absolute atomic E-state index is 0.110. The molecule has 0 spiro atoms. The van der Waals surface area contributed by atoms with Crippen LogP contribution < -0.4 is 5.32 Å². The van der Waals surface area contributed by atoms with Gasteiger partial charge in [-0.15, -0.1) is 0 Å². The summed E-state index contributed by atoms with van der Waals surface area (Å²) in [6, 6.07) is 6.91. The minimum Gasteiger partial charge on any atom is -0.378 e. The predicted molar refractivity (Wildman–Crippen MR) is 77.7 cm³/mol. The normalized spacial score (nSPS) is 20.6. The highest BCUT2D eigenvalue weighted by Gasteiger charge is 2.14. The standard InChI is InChI=1S/C15H22N2O3/c1-12(13-5-4-6-14(11-13)17(18)19)16-9-8-15-7-2-3-10-20-15/h4-6,11-12,15-16H,2-3,7-10H2,1H3. The number of non-ortho nitro benzene ring substituents is 1. The molecule has 5 nitrogen and oxygen atoms in total. The summed E-state index contributed by atoms with van der Waals surface area (Å²) in [5, 5.41) is 14.2. The van der Waals surface area contributed by atoms with Gasteiger partial charge in [-0.2, -0.15) is 0 Å². The van der Waals surface area contributed by atoms with Crippen LogP contribution in [0.5, 0.6) is 0 Å². The molecule has 2 rings (SSSR count). The van der Waals surface area contributed by atoms with Crippen molar-refractivity contribution in [1.29, 1.82) is 0 Å². The Bertz CT molecular complexity index is 444. The molecule has 110 valence electrons. The first-order valence-electron chi connectivity index (χ1n) is 7.26. The van der Waals surface area contributed by atoms with Gasteiger partial charge in [0.15, 0.2) is 0 Å². The maximum atomic E-state index is 10.8. The summed E-state index contributed by atoms with van der Waals surface area (Å²) in [6.07, 6.45) is 4.94. The van der Waals surface area contributed by atoms with E-state index in [1.54, 1.807) is 12.1 Å². The van der Waals surface area contributed by atoms with E-state index in [1.807, 2.05) is 13.0 Å². The quantitative estimate of drug-likeness (QED) is 0.641. The summed E-state index contributed by atoms with van der Waals surface area (Å²) in [7, 11) is 0. The number of ether oxygens (including phenoxy) is 1. The Hall–Kier alpha value is -1.46. The van der Waals surface area contributed by atoms with Gasteiger partial charge in [0, 0.05) is 24.8 Å². The lowest BCUT2D eigenvalue weighted by molar-refractivity contribution is -0.384. The zero-order valence-corrected chi connectivity index (χ0v) is 11.9. The van der Waals surface area contributed by atoms with Crippen LogP contribution in [-0.2, 0) is 4.74 Å². The van der Waals surface area contributed by atoms with Crippen LogP contribution >= 0.6 is 0 Å². The Labute approximate surface area is 119 Å². The van der Waals surface area contributed by atoms with Gasteiger partial charge >= 0.3 is 0 Å². The van der Waals surface area contributed by atoms with Crippen molar-refractivity contribution in [2.75, 3.05) is 13.2 Å². The van der Waals surface area contributed by atoms with Gasteiger partial charge in [0.05, 0.1) is 11.0 Å². The average molecular weight is 278 g/mol. The number of hydrogen-bond acceptors (Lipinski definition) is 4. The maximum Gasteiger partial charge on any atom is 0.269 e. The van der Waals surface area contributed by atoms with Crippen molar-refractivity contribution in [1.82, 2.24) is 5.32 Å². The third kappa shape index (κ3) is 4.28. The van der Waals surface area contributed by atoms with E-state index in [9.17, 15) is 10.1 Å². The van der Waals surface area contributed by atoms with Crippen LogP contribution in [0.25, 0.3) is 0 Å². The summed E-state index contributed by atoms with van der Waals surface area (Å²) in [5.74, 6) is 0. The molecular weight excluding hydrogens is 256 g/mol. The Kier molecular flexibility index (Phi) is 5.49. The molecule has 0 radical (unpaired) electrons. The number of benzene rings is 1. The number of hydrogen-bond donors (Lipinski definition) is 1. The molecule has 1 saturated heterocycles. The van der Waals surface area contributed by atoms with Crippen molar-refractivity contribution in [2.45, 2.75) is 44.8 Å². The van der Waals surface area contributed by atoms with Gasteiger partial charge in [0.25, 0.3) is 5.69 Å². The number of nitrogens with zero attached hydrogens (tertiary/aromatic N) is 1. The highest BCUT2D eigenvalue weighted by Crippen LogP contribution is 2.19. The lowest BCUT2D eigenvalue weighted by atomic mass is 10.1. The van der Waals surface area contributed by atoms with E-state index in [4.69, 9.17) is 4.74 Å². The molecule has 20 heavy (non-hydrogen) atoms. The van der Waals surface area contributed by atoms with Crippen molar-refractivity contribution in [3.63, 3.8) is 0 Å². The van der Waals surface area contributed by atoms with Crippen LogP contribution in [-0.4, -0.2) is 24.2 Å². The highest BCUT2D eigenvalue weighted by atomic mass is 16.6. The van der Waals surface area contributed by atoms with E-state index in [-0.39, 0.29) is 16.7 Å². The lowest BCUT2D eigenvalue weighted by Gasteiger charge is -2.23. The van der Waals surface area contributed by atoms with E-state index in [0.29, 0.717) is 6.10 Å². The molecule has 1 N–H and O–H groups in total. The van der Waals surface area contributed by atoms with Crippen molar-refractivity contribution in [3.05, 3.63) is 39.9 Å². The van der Waals surface area contributed by atoms with Gasteiger partial charge in [-0.05, 0) is 44.7 Å². The molecule has 0 aliphatic carbocycles. The van der Waals surface area contributed by atoms with E-state index in [0.717, 1.165) is 31.6 Å². The molecule has 1 heterocycles. The van der Waals surface area contributed by atoms with E-state index < -0.39 is 0 Å². The molecule has 2 unspecified atom stereocenters. The molecule has 0 amide bonds. The molecule has 0 bridgehead atoms. The van der Waals surface area contributed by atoms with Crippen molar-refractivity contribution >= 4 is 5.69 Å². The number of rotatable bonds is 6. The molecule has 1 aromatic rings. The third-order valence-electron chi connectivity index (χ3n) is 3.77. The highest BCUT2D eigenvalue weighted by molar-refractivity contribution is 5.35. The first-order chi connectivity index (χ1) is 9.66. The van der Waals surface area contributed by atoms with Crippen molar-refractivity contribution in [3.8, 4) is 0 Å². The second-order valence-corrected chi connectivity index (χ2v) is 5.31. The summed E-state index contributed by atoms with van der Waals surface area (Å²) in [4.78, 5) is 10.4. The summed E-state index contributed by atoms with van der Waals surface area (Å²) >= 11 is 0. The Morgan fingerprint density at radius 2 is 2.35 bits per heavy atom. The molecule has 1 aromatic carbocycles. The number of nitrogens with one attached hydrogen (secondary N) is 1. The van der Waals surface area contributed by atoms with Gasteiger partial charge in [-0.3, -0.25) is 10.1 Å². The molecule has 0 saturated carbocycles. The second-order valence-electron chi connectivity index (χ2n) is 5.31. The smallest absolute Gasteiger partial charge is 0.269 e. The van der Waals surface area contributed by atoms with Crippen LogP contribution in [0.2, 0.25) is 0 Å². The van der Waals surface area contributed by atoms with Crippen LogP contribution in [0.3, 0.4) is 0 Å². The molecule has 2 atom stereocenters. The van der Waals surface area contributed by atoms with Gasteiger partial charge in [-0.1, -0.05) is 12.1 Å². The summed E-state index contributed by atoms with van der Waals surface area (Å²) < 4.78 is 5.69. The van der Waals surface area contributed by atoms with E-state index in [2.05, 4.69) is 5.32 Å². The van der Waals surface area contributed by atoms with Gasteiger partial charge in [0.1, 0.15) is 0 Å². The van der Waals surface area contributed by atoms with Gasteiger partial charge < -0.3 is 10.1 Å². The first kappa shape index (κ1) is 14.9. The third-order valence-corrected chi connectivity index (χ3v) is 3.77. The van der Waals surface area contributed by atoms with Crippen LogP contribution in [0.15, 0.2) is 24.3 Å². The summed E-state index contributed by atoms with van der Waals surface area (Å²) in [6.45, 7) is 3.78. The Balaban J connectivity index is 1.80. The fourth-order valence-corrected chi connectivity index (χ4v) is 2.52. The Morgan fingerprint density at radius 3 is 3.05 bits per heavy atom. The largest absolute Gasteiger partial charge is 0.378 e. The van der Waals surface area contributed by atoms with Crippen molar-refractivity contribution in [2.24, 2.45) is 0 Å². The Morgan fingerprint density at radius 1 is 1.50 bits per heavy atom. The maximum absolute atomic E-state index is 10.8.